The van der Waals surface area contributed by atoms with E-state index in [0.29, 0.717) is 0 Å². The van der Waals surface area contributed by atoms with Crippen LogP contribution in [0.3, 0.4) is 0 Å². The lowest BCUT2D eigenvalue weighted by Crippen LogP contribution is -2.69. The molecule has 2 aliphatic heterocycles. The second-order valence-corrected chi connectivity index (χ2v) is 10.6. The topological polar surface area (TPSA) is 323 Å². The first-order valence-corrected chi connectivity index (χ1v) is 13.1. The van der Waals surface area contributed by atoms with Crippen LogP contribution in [0.25, 0.3) is 0 Å². The van der Waals surface area contributed by atoms with Gasteiger partial charge in [-0.2, -0.15) is 8.42 Å². The van der Waals surface area contributed by atoms with Crippen molar-refractivity contribution in [1.82, 2.24) is 5.32 Å². The van der Waals surface area contributed by atoms with Crippen LogP contribution >= 0.6 is 0 Å². The first kappa shape index (κ1) is 33.5. The fourth-order valence-electron chi connectivity index (χ4n) is 4.74. The summed E-state index contributed by atoms with van der Waals surface area (Å²) in [5.74, 6) is 0. The van der Waals surface area contributed by atoms with Crippen molar-refractivity contribution >= 4 is 10.4 Å². The maximum atomic E-state index is 11.0. The number of ether oxygens (including phenoxy) is 4. The van der Waals surface area contributed by atoms with Gasteiger partial charge in [0.1, 0.15) is 54.4 Å². The maximum absolute atomic E-state index is 11.0. The van der Waals surface area contributed by atoms with Crippen molar-refractivity contribution in [2.24, 2.45) is 17.2 Å². The molecule has 18 nitrogen and oxygen atoms in total. The number of nitrogens with two attached hydrogens (primary N) is 3. The average molecular weight is 581 g/mol. The minimum Gasteiger partial charge on any atom is -0.388 e. The number of hydrogen-bond donors (Lipinski definition) is 12. The third-order valence-corrected chi connectivity index (χ3v) is 6.69. The summed E-state index contributed by atoms with van der Waals surface area (Å²) < 4.78 is 54.1. The molecular formula is C19H40N4O14S. The number of hydrogen-bond acceptors (Lipinski definition) is 16. The highest BCUT2D eigenvalue weighted by Crippen LogP contribution is 2.31. The summed E-state index contributed by atoms with van der Waals surface area (Å²) in [6.45, 7) is 1.22. The van der Waals surface area contributed by atoms with E-state index in [4.69, 9.17) is 53.7 Å². The molecule has 2 saturated heterocycles. The van der Waals surface area contributed by atoms with Crippen LogP contribution in [-0.2, 0) is 29.3 Å². The van der Waals surface area contributed by atoms with E-state index < -0.39 is 95.5 Å². The van der Waals surface area contributed by atoms with Crippen LogP contribution in [0.5, 0.6) is 0 Å². The average Bonchev–Trinajstić information content (AvgIpc) is 2.79. The minimum absolute atomic E-state index is 0.138. The van der Waals surface area contributed by atoms with E-state index in [0.717, 1.165) is 0 Å². The zero-order chi connectivity index (χ0) is 29.2. The summed E-state index contributed by atoms with van der Waals surface area (Å²) >= 11 is 0. The molecular weight excluding hydrogens is 540 g/mol. The molecule has 0 spiro atoms. The Morgan fingerprint density at radius 1 is 0.921 bits per heavy atom. The molecule has 1 aliphatic carbocycles. The molecule has 38 heavy (non-hydrogen) atoms. The largest absolute Gasteiger partial charge is 0.394 e. The highest BCUT2D eigenvalue weighted by molar-refractivity contribution is 7.79. The van der Waals surface area contributed by atoms with Gasteiger partial charge in [0.15, 0.2) is 12.6 Å². The number of rotatable bonds is 6. The van der Waals surface area contributed by atoms with E-state index in [2.05, 4.69) is 5.32 Å². The Hall–Kier alpha value is -0.690. The van der Waals surface area contributed by atoms with Gasteiger partial charge in [-0.15, -0.1) is 0 Å². The quantitative estimate of drug-likeness (QED) is 0.130. The minimum atomic E-state index is -4.67. The number of nitrogens with one attached hydrogen (secondary N) is 1. The summed E-state index contributed by atoms with van der Waals surface area (Å²) in [6, 6.07) is -2.30. The summed E-state index contributed by atoms with van der Waals surface area (Å²) in [4.78, 5) is 0. The molecule has 3 aliphatic rings. The van der Waals surface area contributed by atoms with E-state index in [9.17, 15) is 30.6 Å². The van der Waals surface area contributed by atoms with E-state index >= 15 is 0 Å². The van der Waals surface area contributed by atoms with Crippen molar-refractivity contribution in [1.29, 1.82) is 0 Å². The van der Waals surface area contributed by atoms with Crippen LogP contribution < -0.4 is 22.5 Å². The maximum Gasteiger partial charge on any atom is 0.394 e. The van der Waals surface area contributed by atoms with Gasteiger partial charge in [0, 0.05) is 18.6 Å². The Morgan fingerprint density at radius 3 is 1.89 bits per heavy atom. The lowest BCUT2D eigenvalue weighted by Gasteiger charge is -2.48. The van der Waals surface area contributed by atoms with E-state index in [-0.39, 0.29) is 19.6 Å². The Balaban J connectivity index is 0.000000926. The van der Waals surface area contributed by atoms with E-state index in [1.807, 2.05) is 0 Å². The zero-order valence-corrected chi connectivity index (χ0v) is 21.6. The molecule has 3 rings (SSSR count). The molecule has 0 aromatic heterocycles. The van der Waals surface area contributed by atoms with Gasteiger partial charge in [0.05, 0.1) is 12.6 Å². The summed E-state index contributed by atoms with van der Waals surface area (Å²) in [7, 11) is -3.09. The van der Waals surface area contributed by atoms with E-state index in [1.165, 1.54) is 6.92 Å². The molecule has 3 fully saturated rings. The van der Waals surface area contributed by atoms with Crippen molar-refractivity contribution in [3.8, 4) is 0 Å². The molecule has 0 bridgehead atoms. The Kier molecular flexibility index (Phi) is 11.7. The SMILES string of the molecule is CN[C@@H]1[C@@H](O)[C@@H](O[C@@H]2[C@@H](O)[C@H](O[C@H]3O[C@H](CN)[C@@H](O)[C@H](O)[C@H]3O)[C@@H](N)C[C@H]2N)OC[C@]1(C)O.O=S(=O)(O)O. The van der Waals surface area contributed by atoms with Gasteiger partial charge < -0.3 is 72.1 Å². The molecule has 0 radical (unpaired) electrons. The molecule has 226 valence electrons. The molecule has 19 heteroatoms. The molecule has 15 N–H and O–H groups in total. The summed E-state index contributed by atoms with van der Waals surface area (Å²) in [5.41, 5.74) is 16.5. The van der Waals surface area contributed by atoms with Crippen LogP contribution in [0.4, 0.5) is 0 Å². The van der Waals surface area contributed by atoms with Crippen LogP contribution in [0.1, 0.15) is 13.3 Å². The van der Waals surface area contributed by atoms with Gasteiger partial charge in [-0.1, -0.05) is 0 Å². The van der Waals surface area contributed by atoms with Crippen LogP contribution in [0, 0.1) is 0 Å². The first-order chi connectivity index (χ1) is 17.4. The second-order valence-electron chi connectivity index (χ2n) is 9.75. The molecule has 0 amide bonds. The molecule has 1 saturated carbocycles. The Morgan fingerprint density at radius 2 is 1.42 bits per heavy atom. The monoisotopic (exact) mass is 580 g/mol. The third kappa shape index (κ3) is 8.17. The van der Waals surface area contributed by atoms with Gasteiger partial charge >= 0.3 is 10.4 Å². The van der Waals surface area contributed by atoms with E-state index in [1.54, 1.807) is 7.05 Å². The van der Waals surface area contributed by atoms with Gasteiger partial charge in [-0.3, -0.25) is 9.11 Å². The van der Waals surface area contributed by atoms with Crippen molar-refractivity contribution in [2.45, 2.75) is 98.5 Å². The molecule has 0 aromatic carbocycles. The number of aliphatic hydroxyl groups is 6. The third-order valence-electron chi connectivity index (χ3n) is 6.69. The fourth-order valence-corrected chi connectivity index (χ4v) is 4.74. The number of likely N-dealkylation sites (N-methyl/N-ethyl adjacent to an activating group) is 1. The molecule has 0 aromatic rings. The highest BCUT2D eigenvalue weighted by atomic mass is 32.3. The molecule has 0 unspecified atom stereocenters. The van der Waals surface area contributed by atoms with Crippen LogP contribution in [-0.4, -0.2) is 154 Å². The summed E-state index contributed by atoms with van der Waals surface area (Å²) in [6.07, 6.45) is -13.0. The fraction of sp³-hybridized carbons (Fsp3) is 1.00. The van der Waals surface area contributed by atoms with Gasteiger partial charge in [0.25, 0.3) is 0 Å². The standard InChI is InChI=1S/C19H38N4O10.H2O4S/c1-19(29)5-30-17(13(28)16(19)23-2)32-14-6(21)3-7(22)15(12(14)27)33-18-11(26)10(25)9(24)8(4-20)31-18;1-5(2,3)4/h6-18,23-29H,3-5,20-22H2,1-2H3;(H2,1,2,3,4)/t6-,7+,8-,9-,10+,11-,12-,13-,14+,15-,16-,17-,18-,19+;/m1./s1. The Bertz CT molecular complexity index is 845. The number of aliphatic hydroxyl groups excluding tert-OH is 5. The molecule has 14 atom stereocenters. The van der Waals surface area contributed by atoms with Crippen LogP contribution in [0.2, 0.25) is 0 Å². The second kappa shape index (κ2) is 13.3. The lowest BCUT2D eigenvalue weighted by atomic mass is 9.84. The van der Waals surface area contributed by atoms with Gasteiger partial charge in [-0.05, 0) is 20.4 Å². The van der Waals surface area contributed by atoms with Crippen molar-refractivity contribution < 1.29 is 67.1 Å². The van der Waals surface area contributed by atoms with Gasteiger partial charge in [0.2, 0.25) is 0 Å². The smallest absolute Gasteiger partial charge is 0.388 e. The van der Waals surface area contributed by atoms with Crippen LogP contribution in [0.15, 0.2) is 0 Å². The predicted molar refractivity (Wildman–Crippen MR) is 125 cm³/mol. The summed E-state index contributed by atoms with van der Waals surface area (Å²) in [5, 5.41) is 65.2. The van der Waals surface area contributed by atoms with Crippen molar-refractivity contribution in [3.63, 3.8) is 0 Å². The van der Waals surface area contributed by atoms with Gasteiger partial charge in [-0.25, -0.2) is 0 Å². The predicted octanol–water partition coefficient (Wildman–Crippen LogP) is -6.65. The first-order valence-electron chi connectivity index (χ1n) is 11.7. The highest BCUT2D eigenvalue weighted by Gasteiger charge is 2.52. The lowest BCUT2D eigenvalue weighted by molar-refractivity contribution is -0.329. The van der Waals surface area contributed by atoms with Crippen molar-refractivity contribution in [3.05, 3.63) is 0 Å². The zero-order valence-electron chi connectivity index (χ0n) is 20.8. The van der Waals surface area contributed by atoms with Crippen molar-refractivity contribution in [2.75, 3.05) is 20.2 Å². The normalized spacial score (nSPS) is 48.2. The Labute approximate surface area is 219 Å². The molecule has 2 heterocycles.